The average molecular weight is 363 g/mol. The maximum atomic E-state index is 12.2. The highest BCUT2D eigenvalue weighted by atomic mass is 16.6. The number of aliphatic hydroxyl groups is 1. The molecule has 2 atom stereocenters. The van der Waals surface area contributed by atoms with E-state index in [4.69, 9.17) is 4.74 Å². The normalized spacial score (nSPS) is 18.2. The van der Waals surface area contributed by atoms with E-state index >= 15 is 0 Å². The number of alkyl carbamates (subject to hydrolysis) is 1. The van der Waals surface area contributed by atoms with Gasteiger partial charge in [0.25, 0.3) is 0 Å². The molecule has 1 heterocycles. The maximum Gasteiger partial charge on any atom is 0.407 e. The smallest absolute Gasteiger partial charge is 0.407 e. The first-order valence-corrected chi connectivity index (χ1v) is 9.91. The maximum absolute atomic E-state index is 12.2. The Morgan fingerprint density at radius 2 is 2.04 bits per heavy atom. The second kappa shape index (κ2) is 9.91. The van der Waals surface area contributed by atoms with Crippen LogP contribution in [-0.2, 0) is 11.2 Å². The molecule has 0 radical (unpaired) electrons. The third-order valence-corrected chi connectivity index (χ3v) is 4.90. The van der Waals surface area contributed by atoms with Crippen LogP contribution in [0, 0.1) is 5.92 Å². The number of hydrogen-bond donors (Lipinski definition) is 2. The van der Waals surface area contributed by atoms with Crippen LogP contribution < -0.4 is 5.32 Å². The Kier molecular flexibility index (Phi) is 7.88. The number of aryl methyl sites for hydroxylation is 1. The zero-order valence-corrected chi connectivity index (χ0v) is 16.4. The molecular formula is C21H34N2O3. The van der Waals surface area contributed by atoms with E-state index < -0.39 is 17.8 Å². The van der Waals surface area contributed by atoms with Crippen molar-refractivity contribution in [2.24, 2.45) is 5.92 Å². The molecule has 0 bridgehead atoms. The third-order valence-electron chi connectivity index (χ3n) is 4.90. The Labute approximate surface area is 157 Å². The van der Waals surface area contributed by atoms with E-state index in [1.54, 1.807) is 6.20 Å². The molecular weight excluding hydrogens is 328 g/mol. The molecule has 26 heavy (non-hydrogen) atoms. The van der Waals surface area contributed by atoms with Crippen LogP contribution in [0.25, 0.3) is 0 Å². The number of carbonyl (C=O) groups is 1. The Balaban J connectivity index is 1.94. The van der Waals surface area contributed by atoms with E-state index in [1.165, 1.54) is 32.1 Å². The quantitative estimate of drug-likeness (QED) is 0.761. The number of aromatic nitrogens is 1. The zero-order chi connectivity index (χ0) is 19.0. The summed E-state index contributed by atoms with van der Waals surface area (Å²) in [5.41, 5.74) is 0.415. The number of nitrogens with one attached hydrogen (secondary N) is 1. The number of ether oxygens (including phenoxy) is 1. The number of rotatable bonds is 7. The highest BCUT2D eigenvalue weighted by Gasteiger charge is 2.28. The van der Waals surface area contributed by atoms with Crippen molar-refractivity contribution in [3.63, 3.8) is 0 Å². The Morgan fingerprint density at radius 1 is 1.31 bits per heavy atom. The minimum atomic E-state index is -0.605. The minimum absolute atomic E-state index is 0.281. The van der Waals surface area contributed by atoms with Gasteiger partial charge in [0, 0.05) is 11.9 Å². The summed E-state index contributed by atoms with van der Waals surface area (Å²) in [5.74, 6) is 0.563. The highest BCUT2D eigenvalue weighted by Crippen LogP contribution is 2.28. The van der Waals surface area contributed by atoms with Gasteiger partial charge in [-0.05, 0) is 58.1 Å². The van der Waals surface area contributed by atoms with Gasteiger partial charge in [0.2, 0.25) is 0 Å². The summed E-state index contributed by atoms with van der Waals surface area (Å²) in [7, 11) is 0. The van der Waals surface area contributed by atoms with Crippen LogP contribution in [0.5, 0.6) is 0 Å². The van der Waals surface area contributed by atoms with Crippen molar-refractivity contribution >= 4 is 6.09 Å². The second-order valence-electron chi connectivity index (χ2n) is 8.42. The fourth-order valence-electron chi connectivity index (χ4n) is 3.60. The molecule has 1 aliphatic carbocycles. The van der Waals surface area contributed by atoms with Crippen molar-refractivity contribution in [3.8, 4) is 0 Å². The molecule has 1 amide bonds. The van der Waals surface area contributed by atoms with E-state index in [1.807, 2.05) is 39.0 Å². The highest BCUT2D eigenvalue weighted by molar-refractivity contribution is 5.68. The van der Waals surface area contributed by atoms with Gasteiger partial charge in [-0.3, -0.25) is 4.98 Å². The molecule has 0 aromatic carbocycles. The van der Waals surface area contributed by atoms with Gasteiger partial charge in [0.15, 0.2) is 0 Å². The number of nitrogens with zero attached hydrogens (tertiary/aromatic N) is 1. The third kappa shape index (κ3) is 7.73. The Hall–Kier alpha value is -1.62. The lowest BCUT2D eigenvalue weighted by Gasteiger charge is -2.31. The molecule has 5 nitrogen and oxygen atoms in total. The minimum Gasteiger partial charge on any atom is -0.444 e. The molecule has 2 N–H and O–H groups in total. The molecule has 1 unspecified atom stereocenters. The molecule has 146 valence electrons. The van der Waals surface area contributed by atoms with Crippen molar-refractivity contribution in [1.82, 2.24) is 10.3 Å². The molecule has 0 spiro atoms. The van der Waals surface area contributed by atoms with Crippen molar-refractivity contribution in [2.75, 3.05) is 0 Å². The largest absolute Gasteiger partial charge is 0.444 e. The van der Waals surface area contributed by atoms with E-state index in [0.717, 1.165) is 12.1 Å². The molecule has 5 heteroatoms. The summed E-state index contributed by atoms with van der Waals surface area (Å²) in [6.45, 7) is 5.54. The molecule has 0 saturated heterocycles. The lowest BCUT2D eigenvalue weighted by molar-refractivity contribution is 0.0381. The van der Waals surface area contributed by atoms with Gasteiger partial charge in [0.1, 0.15) is 5.60 Å². The van der Waals surface area contributed by atoms with Crippen LogP contribution in [0.15, 0.2) is 24.4 Å². The van der Waals surface area contributed by atoms with E-state index in [0.29, 0.717) is 18.8 Å². The number of amides is 1. The topological polar surface area (TPSA) is 71.5 Å². The first-order chi connectivity index (χ1) is 12.3. The number of hydrogen-bond acceptors (Lipinski definition) is 4. The standard InChI is InChI=1S/C21H34N2O3/c1-21(2,3)26-20(25)23-18(15-16-9-5-4-6-10-16)19(24)13-12-17-11-7-8-14-22-17/h7-8,11,14,16,18-19,24H,4-6,9-10,12-13,15H2,1-3H3,(H,23,25)/t18-,19?/m0/s1. The molecule has 0 aliphatic heterocycles. The van der Waals surface area contributed by atoms with Gasteiger partial charge in [-0.2, -0.15) is 0 Å². The molecule has 1 aliphatic rings. The van der Waals surface area contributed by atoms with E-state index in [2.05, 4.69) is 10.3 Å². The van der Waals surface area contributed by atoms with E-state index in [-0.39, 0.29) is 6.04 Å². The number of carbonyl (C=O) groups excluding carboxylic acids is 1. The fraction of sp³-hybridized carbons (Fsp3) is 0.714. The molecule has 1 aromatic rings. The van der Waals surface area contributed by atoms with Crippen molar-refractivity contribution in [2.45, 2.75) is 89.9 Å². The lowest BCUT2D eigenvalue weighted by Crippen LogP contribution is -2.46. The summed E-state index contributed by atoms with van der Waals surface area (Å²) in [6, 6.07) is 5.52. The van der Waals surface area contributed by atoms with Crippen LogP contribution in [-0.4, -0.2) is 33.9 Å². The summed E-state index contributed by atoms with van der Waals surface area (Å²) in [4.78, 5) is 16.5. The fourth-order valence-corrected chi connectivity index (χ4v) is 3.60. The first kappa shape index (κ1) is 20.7. The molecule has 1 fully saturated rings. The number of aliphatic hydroxyl groups excluding tert-OH is 1. The van der Waals surface area contributed by atoms with Gasteiger partial charge in [0.05, 0.1) is 12.1 Å². The number of pyridine rings is 1. The predicted octanol–water partition coefficient (Wildman–Crippen LogP) is 4.24. The zero-order valence-electron chi connectivity index (χ0n) is 16.4. The average Bonchev–Trinajstić information content (AvgIpc) is 2.59. The molecule has 1 saturated carbocycles. The molecule has 2 rings (SSSR count). The first-order valence-electron chi connectivity index (χ1n) is 9.91. The van der Waals surface area contributed by atoms with Crippen LogP contribution in [0.1, 0.15) is 71.4 Å². The monoisotopic (exact) mass is 362 g/mol. The predicted molar refractivity (Wildman–Crippen MR) is 103 cm³/mol. The van der Waals surface area contributed by atoms with Crippen LogP contribution in [0.4, 0.5) is 4.79 Å². The van der Waals surface area contributed by atoms with Crippen LogP contribution in [0.3, 0.4) is 0 Å². The van der Waals surface area contributed by atoms with Gasteiger partial charge in [-0.25, -0.2) is 4.79 Å². The van der Waals surface area contributed by atoms with Crippen molar-refractivity contribution in [3.05, 3.63) is 30.1 Å². The van der Waals surface area contributed by atoms with Crippen molar-refractivity contribution < 1.29 is 14.6 Å². The van der Waals surface area contributed by atoms with Gasteiger partial charge < -0.3 is 15.2 Å². The summed E-state index contributed by atoms with van der Waals surface area (Å²) < 4.78 is 5.40. The van der Waals surface area contributed by atoms with Crippen LogP contribution in [0.2, 0.25) is 0 Å². The Morgan fingerprint density at radius 3 is 2.65 bits per heavy atom. The van der Waals surface area contributed by atoms with Gasteiger partial charge in [-0.1, -0.05) is 38.2 Å². The second-order valence-corrected chi connectivity index (χ2v) is 8.42. The van der Waals surface area contributed by atoms with Crippen molar-refractivity contribution in [1.29, 1.82) is 0 Å². The SMILES string of the molecule is CC(C)(C)OC(=O)N[C@@H](CC1CCCCC1)C(O)CCc1ccccn1. The summed E-state index contributed by atoms with van der Waals surface area (Å²) >= 11 is 0. The van der Waals surface area contributed by atoms with Gasteiger partial charge in [-0.15, -0.1) is 0 Å². The molecule has 1 aromatic heterocycles. The van der Waals surface area contributed by atoms with E-state index in [9.17, 15) is 9.90 Å². The lowest BCUT2D eigenvalue weighted by atomic mass is 9.83. The summed E-state index contributed by atoms with van der Waals surface area (Å²) in [6.07, 6.45) is 8.93. The van der Waals surface area contributed by atoms with Gasteiger partial charge >= 0.3 is 6.09 Å². The van der Waals surface area contributed by atoms with Crippen LogP contribution >= 0.6 is 0 Å². The Bertz CT molecular complexity index is 536. The summed E-state index contributed by atoms with van der Waals surface area (Å²) in [5, 5.41) is 13.7.